The summed E-state index contributed by atoms with van der Waals surface area (Å²) in [6, 6.07) is 6.83. The minimum absolute atomic E-state index is 0.724. The molecule has 1 aromatic rings. The Hall–Kier alpha value is -0.980. The summed E-state index contributed by atoms with van der Waals surface area (Å²) in [6.07, 6.45) is 6.90. The van der Waals surface area contributed by atoms with Gasteiger partial charge in [0.2, 0.25) is 0 Å². The molecular weight excluding hydrogens is 218 g/mol. The maximum absolute atomic E-state index is 3.56. The first-order chi connectivity index (χ1) is 8.72. The highest BCUT2D eigenvalue weighted by Crippen LogP contribution is 2.38. The quantitative estimate of drug-likeness (QED) is 0.687. The Morgan fingerprint density at radius 2 is 2.11 bits per heavy atom. The smallest absolute Gasteiger partial charge is 0.0376 e. The van der Waals surface area contributed by atoms with Crippen molar-refractivity contribution in [2.75, 3.05) is 11.9 Å². The van der Waals surface area contributed by atoms with Crippen LogP contribution >= 0.6 is 0 Å². The van der Waals surface area contributed by atoms with Gasteiger partial charge in [-0.25, -0.2) is 0 Å². The Morgan fingerprint density at radius 3 is 2.89 bits per heavy atom. The minimum atomic E-state index is 0.724. The second-order valence-corrected chi connectivity index (χ2v) is 5.90. The van der Waals surface area contributed by atoms with Gasteiger partial charge < -0.3 is 5.32 Å². The van der Waals surface area contributed by atoms with Crippen LogP contribution < -0.4 is 5.32 Å². The van der Waals surface area contributed by atoms with Crippen molar-refractivity contribution in [3.63, 3.8) is 0 Å². The molecule has 1 aromatic carbocycles. The van der Waals surface area contributed by atoms with Gasteiger partial charge in [-0.2, -0.15) is 0 Å². The highest BCUT2D eigenvalue weighted by molar-refractivity contribution is 5.59. The summed E-state index contributed by atoms with van der Waals surface area (Å²) in [4.78, 5) is 0. The normalized spacial score (nSPS) is 19.4. The van der Waals surface area contributed by atoms with E-state index >= 15 is 0 Å². The van der Waals surface area contributed by atoms with Crippen LogP contribution in [-0.4, -0.2) is 6.54 Å². The number of anilines is 1. The highest BCUT2D eigenvalue weighted by Gasteiger charge is 2.26. The van der Waals surface area contributed by atoms with Crippen LogP contribution in [-0.2, 0) is 0 Å². The van der Waals surface area contributed by atoms with Crippen molar-refractivity contribution >= 4 is 5.69 Å². The van der Waals surface area contributed by atoms with Gasteiger partial charge in [0.25, 0.3) is 0 Å². The van der Waals surface area contributed by atoms with Crippen LogP contribution in [0.3, 0.4) is 0 Å². The Kier molecular flexibility index (Phi) is 4.68. The molecule has 1 heteroatoms. The zero-order valence-electron chi connectivity index (χ0n) is 12.1. The van der Waals surface area contributed by atoms with Crippen molar-refractivity contribution in [1.29, 1.82) is 0 Å². The molecule has 0 fully saturated rings. The molecule has 0 aliphatic carbocycles. The van der Waals surface area contributed by atoms with Gasteiger partial charge in [0.05, 0.1) is 0 Å². The monoisotopic (exact) mass is 245 g/mol. The van der Waals surface area contributed by atoms with Gasteiger partial charge in [-0.1, -0.05) is 63.6 Å². The molecular formula is C17H27N. The van der Waals surface area contributed by atoms with Crippen LogP contribution in [0, 0.1) is 12.8 Å². The van der Waals surface area contributed by atoms with Gasteiger partial charge in [0, 0.05) is 18.2 Å². The molecule has 100 valence electrons. The Labute approximate surface area is 112 Å². The number of fused-ring (bicyclic) bond motifs is 1. The summed E-state index contributed by atoms with van der Waals surface area (Å²) in [5, 5.41) is 3.56. The number of hydrogen-bond donors (Lipinski definition) is 1. The van der Waals surface area contributed by atoms with Crippen molar-refractivity contribution in [1.82, 2.24) is 0 Å². The van der Waals surface area contributed by atoms with E-state index in [2.05, 4.69) is 44.3 Å². The maximum atomic E-state index is 3.56. The van der Waals surface area contributed by atoms with E-state index in [1.165, 1.54) is 43.4 Å². The van der Waals surface area contributed by atoms with E-state index in [0.29, 0.717) is 0 Å². The number of hydrogen-bond acceptors (Lipinski definition) is 1. The van der Waals surface area contributed by atoms with Crippen molar-refractivity contribution in [2.24, 2.45) is 5.92 Å². The van der Waals surface area contributed by atoms with Crippen molar-refractivity contribution in [3.05, 3.63) is 29.3 Å². The Morgan fingerprint density at radius 1 is 1.28 bits per heavy atom. The Balaban J connectivity index is 1.93. The molecule has 2 atom stereocenters. The molecule has 0 bridgehead atoms. The molecule has 2 rings (SSSR count). The van der Waals surface area contributed by atoms with E-state index in [1.54, 1.807) is 5.56 Å². The van der Waals surface area contributed by atoms with Gasteiger partial charge in [-0.05, 0) is 24.5 Å². The first kappa shape index (κ1) is 13.5. The predicted molar refractivity (Wildman–Crippen MR) is 80.3 cm³/mol. The molecule has 0 saturated heterocycles. The zero-order valence-corrected chi connectivity index (χ0v) is 12.1. The molecule has 0 saturated carbocycles. The molecule has 2 unspecified atom stereocenters. The average molecular weight is 245 g/mol. The number of nitrogens with one attached hydrogen (secondary N) is 1. The predicted octanol–water partition coefficient (Wildman–Crippen LogP) is 5.11. The van der Waals surface area contributed by atoms with Crippen molar-refractivity contribution in [3.8, 4) is 0 Å². The van der Waals surface area contributed by atoms with Gasteiger partial charge >= 0.3 is 0 Å². The van der Waals surface area contributed by atoms with Gasteiger partial charge in [0.1, 0.15) is 0 Å². The highest BCUT2D eigenvalue weighted by atomic mass is 14.9. The van der Waals surface area contributed by atoms with E-state index < -0.39 is 0 Å². The number of benzene rings is 1. The van der Waals surface area contributed by atoms with Crippen LogP contribution in [0.2, 0.25) is 0 Å². The molecule has 0 aromatic heterocycles. The molecule has 1 aliphatic rings. The second-order valence-electron chi connectivity index (χ2n) is 5.90. The summed E-state index contributed by atoms with van der Waals surface area (Å²) in [5.41, 5.74) is 4.31. The molecule has 0 amide bonds. The molecule has 1 nitrogen and oxygen atoms in total. The lowest BCUT2D eigenvalue weighted by Crippen LogP contribution is -2.12. The first-order valence-electron chi connectivity index (χ1n) is 7.56. The molecule has 1 N–H and O–H groups in total. The van der Waals surface area contributed by atoms with E-state index in [-0.39, 0.29) is 0 Å². The SMILES string of the molecule is CCCCCCC(C)C1CNc2ccc(C)cc21. The van der Waals surface area contributed by atoms with E-state index in [9.17, 15) is 0 Å². The molecule has 0 spiro atoms. The first-order valence-corrected chi connectivity index (χ1v) is 7.56. The maximum Gasteiger partial charge on any atom is 0.0376 e. The van der Waals surface area contributed by atoms with Gasteiger partial charge in [0.15, 0.2) is 0 Å². The summed E-state index contributed by atoms with van der Waals surface area (Å²) in [6.45, 7) is 8.04. The van der Waals surface area contributed by atoms with Crippen LogP contribution in [0.25, 0.3) is 0 Å². The number of aryl methyl sites for hydroxylation is 1. The lowest BCUT2D eigenvalue weighted by atomic mass is 9.85. The fourth-order valence-corrected chi connectivity index (χ4v) is 3.08. The second kappa shape index (κ2) is 6.26. The van der Waals surface area contributed by atoms with Crippen LogP contribution in [0.5, 0.6) is 0 Å². The number of unbranched alkanes of at least 4 members (excludes halogenated alkanes) is 3. The Bertz CT molecular complexity index is 383. The molecule has 0 radical (unpaired) electrons. The van der Waals surface area contributed by atoms with Crippen molar-refractivity contribution in [2.45, 2.75) is 58.8 Å². The van der Waals surface area contributed by atoms with E-state index in [4.69, 9.17) is 0 Å². The topological polar surface area (TPSA) is 12.0 Å². The largest absolute Gasteiger partial charge is 0.384 e. The lowest BCUT2D eigenvalue weighted by molar-refractivity contribution is 0.427. The van der Waals surface area contributed by atoms with Gasteiger partial charge in [-0.15, -0.1) is 0 Å². The van der Waals surface area contributed by atoms with E-state index in [1.807, 2.05) is 0 Å². The average Bonchev–Trinajstić information content (AvgIpc) is 2.77. The zero-order chi connectivity index (χ0) is 13.0. The third-order valence-corrected chi connectivity index (χ3v) is 4.32. The third-order valence-electron chi connectivity index (χ3n) is 4.32. The minimum Gasteiger partial charge on any atom is -0.384 e. The third kappa shape index (κ3) is 3.07. The van der Waals surface area contributed by atoms with Crippen LogP contribution in [0.1, 0.15) is 63.0 Å². The van der Waals surface area contributed by atoms with Crippen LogP contribution in [0.15, 0.2) is 18.2 Å². The summed E-state index contributed by atoms with van der Waals surface area (Å²) in [7, 11) is 0. The summed E-state index contributed by atoms with van der Waals surface area (Å²) >= 11 is 0. The fourth-order valence-electron chi connectivity index (χ4n) is 3.08. The standard InChI is InChI=1S/C17H27N/c1-4-5-6-7-8-14(3)16-12-18-17-10-9-13(2)11-15(16)17/h9-11,14,16,18H,4-8,12H2,1-3H3. The molecule has 18 heavy (non-hydrogen) atoms. The molecule has 1 heterocycles. The fraction of sp³-hybridized carbons (Fsp3) is 0.647. The van der Waals surface area contributed by atoms with E-state index in [0.717, 1.165) is 18.4 Å². The van der Waals surface area contributed by atoms with Crippen molar-refractivity contribution < 1.29 is 0 Å². The summed E-state index contributed by atoms with van der Waals surface area (Å²) in [5.74, 6) is 1.53. The van der Waals surface area contributed by atoms with Gasteiger partial charge in [-0.3, -0.25) is 0 Å². The lowest BCUT2D eigenvalue weighted by Gasteiger charge is -2.19. The molecule has 1 aliphatic heterocycles. The number of rotatable bonds is 6. The summed E-state index contributed by atoms with van der Waals surface area (Å²) < 4.78 is 0. The van der Waals surface area contributed by atoms with Crippen LogP contribution in [0.4, 0.5) is 5.69 Å².